The van der Waals surface area contributed by atoms with Crippen molar-refractivity contribution in [3.63, 3.8) is 0 Å². The number of hydrogen-bond donors (Lipinski definition) is 3. The molecule has 2 heterocycles. The fraction of sp³-hybridized carbons (Fsp3) is 0.379. The molecular weight excluding hydrogens is 556 g/mol. The highest BCUT2D eigenvalue weighted by atomic mass is 35.5. The first-order valence-corrected chi connectivity index (χ1v) is 13.7. The van der Waals surface area contributed by atoms with Crippen molar-refractivity contribution in [2.24, 2.45) is 0 Å². The minimum absolute atomic E-state index is 0.0182. The van der Waals surface area contributed by atoms with E-state index in [1.165, 1.54) is 36.2 Å². The number of carbonyl (C=O) groups is 3. The second-order valence-corrected chi connectivity index (χ2v) is 10.3. The van der Waals surface area contributed by atoms with Gasteiger partial charge in [0.25, 0.3) is 0 Å². The normalized spacial score (nSPS) is 15.4. The van der Waals surface area contributed by atoms with Gasteiger partial charge in [-0.1, -0.05) is 23.7 Å². The van der Waals surface area contributed by atoms with Crippen LogP contribution < -0.4 is 16.0 Å². The molecule has 2 aromatic carbocycles. The van der Waals surface area contributed by atoms with E-state index in [0.29, 0.717) is 23.2 Å². The number of aromatic nitrogens is 1. The van der Waals surface area contributed by atoms with Gasteiger partial charge in [-0.25, -0.2) is 13.6 Å². The van der Waals surface area contributed by atoms with Crippen molar-refractivity contribution in [3.8, 4) is 0 Å². The number of carbonyl (C=O) groups excluding carboxylic acids is 3. The molecule has 3 aromatic rings. The zero-order chi connectivity index (χ0) is 29.4. The van der Waals surface area contributed by atoms with Gasteiger partial charge >= 0.3 is 12.0 Å². The number of urea groups is 1. The lowest BCUT2D eigenvalue weighted by molar-refractivity contribution is -0.144. The van der Waals surface area contributed by atoms with E-state index in [2.05, 4.69) is 20.9 Å². The molecule has 1 unspecified atom stereocenters. The van der Waals surface area contributed by atoms with Gasteiger partial charge in [-0.05, 0) is 60.7 Å². The van der Waals surface area contributed by atoms with E-state index in [9.17, 15) is 23.2 Å². The van der Waals surface area contributed by atoms with Crippen LogP contribution in [0.2, 0.25) is 5.02 Å². The largest absolute Gasteiger partial charge is 0.463 e. The van der Waals surface area contributed by atoms with Crippen LogP contribution in [-0.4, -0.2) is 66.6 Å². The Balaban J connectivity index is 1.37. The number of pyridine rings is 1. The zero-order valence-corrected chi connectivity index (χ0v) is 23.3. The third-order valence-corrected chi connectivity index (χ3v) is 7.39. The van der Waals surface area contributed by atoms with E-state index in [-0.39, 0.29) is 49.4 Å². The molecule has 3 amide bonds. The average Bonchev–Trinajstić information content (AvgIpc) is 3.46. The van der Waals surface area contributed by atoms with Crippen molar-refractivity contribution >= 4 is 40.3 Å². The highest BCUT2D eigenvalue weighted by Crippen LogP contribution is 2.20. The smallest absolute Gasteiger partial charge is 0.317 e. The summed E-state index contributed by atoms with van der Waals surface area (Å²) in [5.74, 6) is -1.73. The predicted molar refractivity (Wildman–Crippen MR) is 150 cm³/mol. The number of nitrogens with zero attached hydrogens (tertiary/aromatic N) is 2. The zero-order valence-electron chi connectivity index (χ0n) is 22.6. The van der Waals surface area contributed by atoms with Gasteiger partial charge in [0.15, 0.2) is 0 Å². The number of hydrogen-bond acceptors (Lipinski definition) is 6. The van der Waals surface area contributed by atoms with E-state index < -0.39 is 29.7 Å². The van der Waals surface area contributed by atoms with E-state index in [1.54, 1.807) is 24.4 Å². The molecule has 0 radical (unpaired) electrons. The number of halogens is 3. The summed E-state index contributed by atoms with van der Waals surface area (Å²) in [6.07, 6.45) is 2.60. The number of rotatable bonds is 11. The van der Waals surface area contributed by atoms with E-state index in [0.717, 1.165) is 18.4 Å². The van der Waals surface area contributed by atoms with Gasteiger partial charge in [-0.3, -0.25) is 14.6 Å². The molecule has 1 saturated heterocycles. The fourth-order valence-electron chi connectivity index (χ4n) is 4.55. The van der Waals surface area contributed by atoms with Gasteiger partial charge in [0.2, 0.25) is 5.91 Å². The minimum atomic E-state index is -0.631. The molecule has 0 spiro atoms. The number of benzene rings is 2. The topological polar surface area (TPSA) is 113 Å². The predicted octanol–water partition coefficient (Wildman–Crippen LogP) is 3.72. The van der Waals surface area contributed by atoms with Gasteiger partial charge in [0, 0.05) is 44.2 Å². The summed E-state index contributed by atoms with van der Waals surface area (Å²) in [6.45, 7) is 1.36. The SMILES string of the molecule is CN(C(=O)NCc1cccc(F)c1Cl)[C@@H](CCC(=O)NC1CCNC1)COC(=O)Cc1cc2cc(F)ccc2cn1. The van der Waals surface area contributed by atoms with Crippen molar-refractivity contribution in [3.05, 3.63) is 76.6 Å². The third-order valence-electron chi connectivity index (χ3n) is 6.96. The number of nitrogens with one attached hydrogen (secondary N) is 3. The summed E-state index contributed by atoms with van der Waals surface area (Å²) in [6, 6.07) is 9.15. The summed E-state index contributed by atoms with van der Waals surface area (Å²) >= 11 is 5.99. The molecule has 41 heavy (non-hydrogen) atoms. The molecule has 2 atom stereocenters. The Kier molecular flexibility index (Phi) is 10.4. The summed E-state index contributed by atoms with van der Waals surface area (Å²) in [4.78, 5) is 43.8. The van der Waals surface area contributed by atoms with Crippen LogP contribution in [0.1, 0.15) is 30.5 Å². The Hall–Kier alpha value is -3.83. The lowest BCUT2D eigenvalue weighted by Gasteiger charge is -2.28. The Morgan fingerprint density at radius 1 is 1.20 bits per heavy atom. The summed E-state index contributed by atoms with van der Waals surface area (Å²) < 4.78 is 32.9. The maximum atomic E-state index is 13.8. The number of ether oxygens (including phenoxy) is 1. The third kappa shape index (κ3) is 8.58. The van der Waals surface area contributed by atoms with Crippen molar-refractivity contribution in [2.45, 2.75) is 44.3 Å². The Bertz CT molecular complexity index is 1400. The molecule has 9 nitrogen and oxygen atoms in total. The lowest BCUT2D eigenvalue weighted by Crippen LogP contribution is -2.46. The fourth-order valence-corrected chi connectivity index (χ4v) is 4.75. The molecule has 1 fully saturated rings. The molecule has 12 heteroatoms. The van der Waals surface area contributed by atoms with Gasteiger partial charge in [0.1, 0.15) is 18.2 Å². The van der Waals surface area contributed by atoms with Crippen molar-refractivity contribution < 1.29 is 27.9 Å². The number of esters is 1. The standard InChI is InChI=1S/C29H32ClF2N5O4/c1-37(29(40)35-15-19-3-2-4-25(32)28(19)30)24(7-8-26(38)36-22-9-10-33-16-22)17-41-27(39)13-23-12-20-11-21(31)6-5-18(20)14-34-23/h2-6,11-12,14,22,24,33H,7-10,13,15-17H2,1H3,(H,35,40)(H,36,38)/t22?,24-/m0/s1. The Morgan fingerprint density at radius 2 is 2.02 bits per heavy atom. The first-order chi connectivity index (χ1) is 19.7. The van der Waals surface area contributed by atoms with Crippen molar-refractivity contribution in [1.29, 1.82) is 0 Å². The van der Waals surface area contributed by atoms with E-state index >= 15 is 0 Å². The highest BCUT2D eigenvalue weighted by Gasteiger charge is 2.24. The van der Waals surface area contributed by atoms with Crippen LogP contribution in [0, 0.1) is 11.6 Å². The molecule has 4 rings (SSSR count). The average molecular weight is 588 g/mol. The summed E-state index contributed by atoms with van der Waals surface area (Å²) in [7, 11) is 1.53. The molecule has 218 valence electrons. The second kappa shape index (κ2) is 14.2. The molecule has 1 aliphatic heterocycles. The molecule has 0 saturated carbocycles. The molecule has 0 bridgehead atoms. The molecular formula is C29H32ClF2N5O4. The number of amides is 3. The molecule has 1 aromatic heterocycles. The van der Waals surface area contributed by atoms with Gasteiger partial charge in [-0.2, -0.15) is 0 Å². The second-order valence-electron chi connectivity index (χ2n) is 9.96. The van der Waals surface area contributed by atoms with Crippen molar-refractivity contribution in [2.75, 3.05) is 26.7 Å². The first-order valence-electron chi connectivity index (χ1n) is 13.3. The molecule has 3 N–H and O–H groups in total. The highest BCUT2D eigenvalue weighted by molar-refractivity contribution is 6.31. The van der Waals surface area contributed by atoms with Crippen LogP contribution in [0.4, 0.5) is 13.6 Å². The Labute approximate surface area is 241 Å². The van der Waals surface area contributed by atoms with Crippen LogP contribution in [0.5, 0.6) is 0 Å². The molecule has 1 aliphatic rings. The van der Waals surface area contributed by atoms with Gasteiger partial charge in [0.05, 0.1) is 23.2 Å². The lowest BCUT2D eigenvalue weighted by atomic mass is 10.1. The Morgan fingerprint density at radius 3 is 2.80 bits per heavy atom. The van der Waals surface area contributed by atoms with Crippen LogP contribution >= 0.6 is 11.6 Å². The monoisotopic (exact) mass is 587 g/mol. The van der Waals surface area contributed by atoms with Gasteiger partial charge < -0.3 is 25.6 Å². The van der Waals surface area contributed by atoms with Crippen LogP contribution in [-0.2, 0) is 27.3 Å². The van der Waals surface area contributed by atoms with Crippen LogP contribution in [0.3, 0.4) is 0 Å². The summed E-state index contributed by atoms with van der Waals surface area (Å²) in [5, 5.41) is 10.1. The quantitative estimate of drug-likeness (QED) is 0.295. The maximum Gasteiger partial charge on any atom is 0.317 e. The summed E-state index contributed by atoms with van der Waals surface area (Å²) in [5.41, 5.74) is 0.816. The van der Waals surface area contributed by atoms with E-state index in [4.69, 9.17) is 16.3 Å². The number of fused-ring (bicyclic) bond motifs is 1. The van der Waals surface area contributed by atoms with Crippen LogP contribution in [0.25, 0.3) is 10.8 Å². The van der Waals surface area contributed by atoms with Crippen LogP contribution in [0.15, 0.2) is 48.7 Å². The van der Waals surface area contributed by atoms with Crippen molar-refractivity contribution in [1.82, 2.24) is 25.8 Å². The maximum absolute atomic E-state index is 13.8. The minimum Gasteiger partial charge on any atom is -0.463 e. The molecule has 0 aliphatic carbocycles. The first kappa shape index (κ1) is 30.1. The van der Waals surface area contributed by atoms with E-state index in [1.807, 2.05) is 0 Å². The number of likely N-dealkylation sites (N-methyl/N-ethyl adjacent to an activating group) is 1. The van der Waals surface area contributed by atoms with Gasteiger partial charge in [-0.15, -0.1) is 0 Å².